The van der Waals surface area contributed by atoms with E-state index < -0.39 is 14.9 Å². The number of hydrogen-bond donors (Lipinski definition) is 1. The van der Waals surface area contributed by atoms with Crippen LogP contribution in [0, 0.1) is 0 Å². The van der Waals surface area contributed by atoms with E-state index in [-0.39, 0.29) is 16.7 Å². The molecule has 1 heterocycles. The number of benzene rings is 3. The molecule has 1 saturated heterocycles. The first-order chi connectivity index (χ1) is 14.4. The van der Waals surface area contributed by atoms with E-state index in [4.69, 9.17) is 26.4 Å². The molecule has 3 atom stereocenters. The van der Waals surface area contributed by atoms with Gasteiger partial charge < -0.3 is 0 Å². The summed E-state index contributed by atoms with van der Waals surface area (Å²) >= 11 is 1.03. The zero-order valence-electron chi connectivity index (χ0n) is 15.8. The van der Waals surface area contributed by atoms with Crippen LogP contribution in [0.5, 0.6) is 0 Å². The molecule has 3 unspecified atom stereocenters. The summed E-state index contributed by atoms with van der Waals surface area (Å²) in [6.45, 7) is 0. The molecular formula is C24H18BrCl2S2Zr. The van der Waals surface area contributed by atoms with Crippen LogP contribution >= 0.6 is 54.1 Å². The predicted molar refractivity (Wildman–Crippen MR) is 136 cm³/mol. The normalized spacial score (nSPS) is 25.7. The molecule has 0 aromatic heterocycles. The quantitative estimate of drug-likeness (QED) is 0.224. The Bertz CT molecular complexity index is 1190. The summed E-state index contributed by atoms with van der Waals surface area (Å²) in [6, 6.07) is 25.8. The molecule has 30 heavy (non-hydrogen) atoms. The fraction of sp³-hybridized carbons (Fsp3) is 0.167. The Morgan fingerprint density at radius 3 is 1.97 bits per heavy atom. The van der Waals surface area contributed by atoms with Crippen molar-refractivity contribution in [2.45, 2.75) is 16.7 Å². The van der Waals surface area contributed by atoms with Gasteiger partial charge in [-0.25, -0.2) is 0 Å². The van der Waals surface area contributed by atoms with Gasteiger partial charge in [-0.1, -0.05) is 0 Å². The first kappa shape index (κ1) is 20.6. The van der Waals surface area contributed by atoms with Gasteiger partial charge in [0, 0.05) is 0 Å². The van der Waals surface area contributed by atoms with Crippen LogP contribution in [-0.4, -0.2) is 7.12 Å². The maximum atomic E-state index is 7.73. The number of hydrogen-bond acceptors (Lipinski definition) is 2. The van der Waals surface area contributed by atoms with Gasteiger partial charge in [0.1, 0.15) is 0 Å². The van der Waals surface area contributed by atoms with Crippen molar-refractivity contribution >= 4 is 60.2 Å². The van der Waals surface area contributed by atoms with E-state index in [0.29, 0.717) is 0 Å². The van der Waals surface area contributed by atoms with E-state index in [1.165, 1.54) is 39.0 Å². The van der Waals surface area contributed by atoms with Crippen LogP contribution in [0.15, 0.2) is 78.4 Å². The molecule has 0 bridgehead atoms. The van der Waals surface area contributed by atoms with Crippen LogP contribution in [0.2, 0.25) is 0 Å². The maximum absolute atomic E-state index is 7.73. The molecule has 6 heteroatoms. The van der Waals surface area contributed by atoms with Gasteiger partial charge in [0.2, 0.25) is 0 Å². The molecule has 3 aliphatic rings. The number of halogens is 3. The van der Waals surface area contributed by atoms with Crippen molar-refractivity contribution in [1.82, 2.24) is 0 Å². The molecule has 0 saturated carbocycles. The van der Waals surface area contributed by atoms with Gasteiger partial charge in [0.05, 0.1) is 0 Å². The molecule has 3 aromatic rings. The van der Waals surface area contributed by atoms with E-state index in [1.54, 1.807) is 0 Å². The SMILES string of the molecule is [SH][Zr]([Cl])([Cl])([CH]1c2ccccc2-c2ccccc21)[CH]1SC(Br)C2=Cc3ccccc3C21. The molecule has 0 nitrogen and oxygen atoms in total. The molecule has 1 aliphatic heterocycles. The number of fused-ring (bicyclic) bond motifs is 6. The van der Waals surface area contributed by atoms with Gasteiger partial charge in [0.15, 0.2) is 0 Å². The van der Waals surface area contributed by atoms with Gasteiger partial charge in [-0.05, 0) is 0 Å². The van der Waals surface area contributed by atoms with Crippen LogP contribution in [0.3, 0.4) is 0 Å². The third-order valence-electron chi connectivity index (χ3n) is 6.70. The second kappa shape index (κ2) is 7.02. The molecule has 3 aromatic carbocycles. The van der Waals surface area contributed by atoms with E-state index in [9.17, 15) is 0 Å². The van der Waals surface area contributed by atoms with E-state index in [2.05, 4.69) is 94.8 Å². The van der Waals surface area contributed by atoms with Gasteiger partial charge in [-0.2, -0.15) is 0 Å². The van der Waals surface area contributed by atoms with Crippen LogP contribution in [0.1, 0.15) is 31.8 Å². The van der Waals surface area contributed by atoms with E-state index in [0.717, 1.165) is 0 Å². The Morgan fingerprint density at radius 2 is 1.33 bits per heavy atom. The summed E-state index contributed by atoms with van der Waals surface area (Å²) in [6.07, 6.45) is 2.32. The van der Waals surface area contributed by atoms with Crippen molar-refractivity contribution < 1.29 is 14.9 Å². The van der Waals surface area contributed by atoms with E-state index in [1.807, 2.05) is 11.8 Å². The monoisotopic (exact) mass is 609 g/mol. The second-order valence-electron chi connectivity index (χ2n) is 8.33. The van der Waals surface area contributed by atoms with Gasteiger partial charge in [0.25, 0.3) is 0 Å². The molecule has 0 N–H and O–H groups in total. The van der Waals surface area contributed by atoms with Crippen molar-refractivity contribution in [3.05, 3.63) is 101 Å². The van der Waals surface area contributed by atoms with Gasteiger partial charge >= 0.3 is 204 Å². The van der Waals surface area contributed by atoms with Crippen LogP contribution < -0.4 is 0 Å². The van der Waals surface area contributed by atoms with Crippen LogP contribution in [0.4, 0.5) is 0 Å². The zero-order chi connectivity index (χ0) is 20.7. The molecule has 0 amide bonds. The Hall–Kier alpha value is 0.0431. The molecular weight excluding hydrogens is 594 g/mol. The van der Waals surface area contributed by atoms with E-state index >= 15 is 0 Å². The Balaban J connectivity index is 1.56. The third-order valence-corrected chi connectivity index (χ3v) is 31.3. The fourth-order valence-electron chi connectivity index (χ4n) is 5.50. The summed E-state index contributed by atoms with van der Waals surface area (Å²) in [5.41, 5.74) is 8.96. The number of rotatable bonds is 2. The molecule has 0 radical (unpaired) electrons. The number of thioether (sulfide) groups is 1. The van der Waals surface area contributed by atoms with Gasteiger partial charge in [-0.15, -0.1) is 0 Å². The first-order valence-corrected chi connectivity index (χ1v) is 24.7. The fourth-order valence-corrected chi connectivity index (χ4v) is 29.9. The summed E-state index contributed by atoms with van der Waals surface area (Å²) in [4.78, 5) is 0. The van der Waals surface area contributed by atoms with Crippen molar-refractivity contribution in [2.24, 2.45) is 0 Å². The molecule has 2 aliphatic carbocycles. The van der Waals surface area contributed by atoms with Crippen molar-refractivity contribution in [3.8, 4) is 11.1 Å². The average molecular weight is 613 g/mol. The predicted octanol–water partition coefficient (Wildman–Crippen LogP) is 8.57. The van der Waals surface area contributed by atoms with Crippen molar-refractivity contribution in [2.75, 3.05) is 0 Å². The molecule has 1 fully saturated rings. The summed E-state index contributed by atoms with van der Waals surface area (Å²) in [5, 5.41) is 0. The summed E-state index contributed by atoms with van der Waals surface area (Å²) in [5.74, 6) is 0.216. The standard InChI is InChI=1S/C13H9.C11H8BrS.2ClH.H2S.Zr/c1-3-7-12-10(5-1)9-11-6-2-4-8-13(11)12;12-11-9-5-7-3-1-2-4-8(7)10(9)6-13-11;;;;/h1-9H;1-6,10-11H;2*1H;1H2;/q;;;;;+3/p-3. The Labute approximate surface area is 201 Å². The minimum atomic E-state index is -4.74. The topological polar surface area (TPSA) is 0 Å². The molecule has 6 rings (SSSR count). The summed E-state index contributed by atoms with van der Waals surface area (Å²) in [7, 11) is 20.8. The summed E-state index contributed by atoms with van der Waals surface area (Å²) < 4.78 is 0.251. The second-order valence-corrected chi connectivity index (χ2v) is 40.1. The number of alkyl halides is 1. The van der Waals surface area contributed by atoms with Crippen molar-refractivity contribution in [1.29, 1.82) is 0 Å². The first-order valence-electron chi connectivity index (χ1n) is 9.95. The number of thiol groups is 1. The third kappa shape index (κ3) is 2.84. The van der Waals surface area contributed by atoms with Crippen LogP contribution in [-0.2, 0) is 14.9 Å². The minimum absolute atomic E-state index is 0.0326. The van der Waals surface area contributed by atoms with Crippen molar-refractivity contribution in [3.63, 3.8) is 0 Å². The zero-order valence-corrected chi connectivity index (χ0v) is 23.1. The molecule has 151 valence electrons. The van der Waals surface area contributed by atoms with Crippen LogP contribution in [0.25, 0.3) is 17.2 Å². The average Bonchev–Trinajstić information content (AvgIpc) is 3.38. The Morgan fingerprint density at radius 1 is 0.800 bits per heavy atom. The van der Waals surface area contributed by atoms with Gasteiger partial charge in [-0.3, -0.25) is 0 Å². The Kier molecular flexibility index (Phi) is 4.83. The molecule has 0 spiro atoms.